The molecule has 2 aliphatic rings. The van der Waals surface area contributed by atoms with E-state index < -0.39 is 17.4 Å². The van der Waals surface area contributed by atoms with Gasteiger partial charge < -0.3 is 19.7 Å². The molecule has 2 unspecified atom stereocenters. The topological polar surface area (TPSA) is 93.1 Å². The van der Waals surface area contributed by atoms with Crippen LogP contribution in [0.3, 0.4) is 0 Å². The van der Waals surface area contributed by atoms with Crippen molar-refractivity contribution in [3.63, 3.8) is 0 Å². The SMILES string of the molecule is CC(C)(C)c1cc(C(=O)OCC2(COC(=O)c3cc(C(C)(C)C)c(O)c(C(C)(C)C)c3)CC3C=CC2C3)cc(C(C)(C)C)c1O. The molecule has 2 N–H and O–H groups in total. The van der Waals surface area contributed by atoms with Crippen LogP contribution in [0.2, 0.25) is 0 Å². The largest absolute Gasteiger partial charge is 0.507 e. The summed E-state index contributed by atoms with van der Waals surface area (Å²) in [7, 11) is 0. The molecule has 2 atom stereocenters. The highest BCUT2D eigenvalue weighted by atomic mass is 16.5. The van der Waals surface area contributed by atoms with Gasteiger partial charge in [0.25, 0.3) is 0 Å². The number of hydrogen-bond acceptors (Lipinski definition) is 6. The molecule has 0 aliphatic heterocycles. The van der Waals surface area contributed by atoms with Crippen molar-refractivity contribution in [3.8, 4) is 11.5 Å². The molecule has 0 radical (unpaired) electrons. The van der Waals surface area contributed by atoms with E-state index in [1.165, 1.54) is 0 Å². The molecule has 246 valence electrons. The third kappa shape index (κ3) is 7.10. The minimum absolute atomic E-state index is 0.122. The molecule has 2 bridgehead atoms. The molecule has 45 heavy (non-hydrogen) atoms. The van der Waals surface area contributed by atoms with Crippen molar-refractivity contribution >= 4 is 11.9 Å². The van der Waals surface area contributed by atoms with Gasteiger partial charge in [0, 0.05) is 27.7 Å². The van der Waals surface area contributed by atoms with Crippen molar-refractivity contribution in [2.45, 2.75) is 118 Å². The predicted molar refractivity (Wildman–Crippen MR) is 179 cm³/mol. The van der Waals surface area contributed by atoms with E-state index in [1.54, 1.807) is 24.3 Å². The summed E-state index contributed by atoms with van der Waals surface area (Å²) in [5, 5.41) is 22.2. The first-order valence-corrected chi connectivity index (χ1v) is 16.2. The van der Waals surface area contributed by atoms with Gasteiger partial charge in [-0.25, -0.2) is 9.59 Å². The summed E-state index contributed by atoms with van der Waals surface area (Å²) in [6.45, 7) is 24.4. The number of rotatable bonds is 6. The number of allylic oxidation sites excluding steroid dienone is 2. The lowest BCUT2D eigenvalue weighted by molar-refractivity contribution is -0.0155. The van der Waals surface area contributed by atoms with Gasteiger partial charge in [0.05, 0.1) is 11.1 Å². The van der Waals surface area contributed by atoms with Crippen molar-refractivity contribution in [2.24, 2.45) is 17.3 Å². The number of carbonyl (C=O) groups excluding carboxylic acids is 2. The van der Waals surface area contributed by atoms with Gasteiger partial charge in [0.1, 0.15) is 24.7 Å². The molecule has 0 spiro atoms. The van der Waals surface area contributed by atoms with Gasteiger partial charge in [0.15, 0.2) is 0 Å². The Morgan fingerprint density at radius 3 is 1.22 bits per heavy atom. The van der Waals surface area contributed by atoms with Gasteiger partial charge in [-0.3, -0.25) is 0 Å². The average Bonchev–Trinajstić information content (AvgIpc) is 3.50. The maximum Gasteiger partial charge on any atom is 0.338 e. The Labute approximate surface area is 270 Å². The van der Waals surface area contributed by atoms with E-state index in [4.69, 9.17) is 9.47 Å². The number of hydrogen-bond donors (Lipinski definition) is 2. The number of ether oxygens (including phenoxy) is 2. The second-order valence-corrected chi connectivity index (χ2v) is 17.5. The summed E-state index contributed by atoms with van der Waals surface area (Å²) in [4.78, 5) is 27.2. The number of fused-ring (bicyclic) bond motifs is 2. The summed E-state index contributed by atoms with van der Waals surface area (Å²) >= 11 is 0. The fraction of sp³-hybridized carbons (Fsp3) is 0.590. The first-order chi connectivity index (χ1) is 20.4. The van der Waals surface area contributed by atoms with Crippen LogP contribution in [-0.2, 0) is 31.1 Å². The zero-order valence-electron chi connectivity index (χ0n) is 29.5. The summed E-state index contributed by atoms with van der Waals surface area (Å²) in [5.74, 6) is 0.0135. The van der Waals surface area contributed by atoms with Crippen LogP contribution in [0, 0.1) is 17.3 Å². The molecule has 0 saturated heterocycles. The third-order valence-electron chi connectivity index (χ3n) is 9.53. The van der Waals surface area contributed by atoms with Gasteiger partial charge in [-0.2, -0.15) is 0 Å². The Hall–Kier alpha value is -3.28. The van der Waals surface area contributed by atoms with E-state index in [1.807, 2.05) is 83.1 Å². The smallest absolute Gasteiger partial charge is 0.338 e. The van der Waals surface area contributed by atoms with E-state index in [0.29, 0.717) is 39.3 Å². The van der Waals surface area contributed by atoms with E-state index in [-0.39, 0.29) is 52.3 Å². The zero-order valence-corrected chi connectivity index (χ0v) is 29.5. The van der Waals surface area contributed by atoms with Crippen molar-refractivity contribution < 1.29 is 29.3 Å². The quantitative estimate of drug-likeness (QED) is 0.248. The van der Waals surface area contributed by atoms with E-state index in [2.05, 4.69) is 12.2 Å². The van der Waals surface area contributed by atoms with Crippen LogP contribution in [0.15, 0.2) is 36.4 Å². The molecule has 0 amide bonds. The van der Waals surface area contributed by atoms with E-state index in [0.717, 1.165) is 12.8 Å². The summed E-state index contributed by atoms with van der Waals surface area (Å²) < 4.78 is 12.1. The predicted octanol–water partition coefficient (Wildman–Crippen LogP) is 8.88. The Kier molecular flexibility index (Phi) is 8.84. The summed E-state index contributed by atoms with van der Waals surface area (Å²) in [6.07, 6.45) is 6.09. The number of benzene rings is 2. The second kappa shape index (κ2) is 11.5. The fourth-order valence-electron chi connectivity index (χ4n) is 6.80. The number of esters is 2. The lowest BCUT2D eigenvalue weighted by Crippen LogP contribution is -2.38. The average molecular weight is 619 g/mol. The number of phenols is 2. The van der Waals surface area contributed by atoms with Crippen molar-refractivity contribution in [3.05, 3.63) is 69.8 Å². The lowest BCUT2D eigenvalue weighted by atomic mass is 9.77. The molecule has 6 nitrogen and oxygen atoms in total. The fourth-order valence-corrected chi connectivity index (χ4v) is 6.80. The summed E-state index contributed by atoms with van der Waals surface area (Å²) in [5.41, 5.74) is 1.58. The van der Waals surface area contributed by atoms with Crippen LogP contribution in [0.5, 0.6) is 11.5 Å². The molecule has 2 aromatic carbocycles. The number of carbonyl (C=O) groups is 2. The molecule has 2 aliphatic carbocycles. The molecule has 0 heterocycles. The van der Waals surface area contributed by atoms with E-state index >= 15 is 0 Å². The van der Waals surface area contributed by atoms with Crippen LogP contribution >= 0.6 is 0 Å². The minimum Gasteiger partial charge on any atom is -0.507 e. The van der Waals surface area contributed by atoms with Gasteiger partial charge in [-0.05, 0) is 70.6 Å². The first-order valence-electron chi connectivity index (χ1n) is 16.2. The Morgan fingerprint density at radius 2 is 0.978 bits per heavy atom. The van der Waals surface area contributed by atoms with Crippen molar-refractivity contribution in [1.29, 1.82) is 0 Å². The molecule has 6 heteroatoms. The van der Waals surface area contributed by atoms with Crippen LogP contribution in [0.4, 0.5) is 0 Å². The van der Waals surface area contributed by atoms with Gasteiger partial charge in [-0.1, -0.05) is 95.2 Å². The molecule has 0 aromatic heterocycles. The van der Waals surface area contributed by atoms with Crippen LogP contribution in [0.1, 0.15) is 139 Å². The number of phenolic OH excluding ortho intramolecular Hbond substituents is 2. The molecular weight excluding hydrogens is 564 g/mol. The first kappa shape index (κ1) is 34.6. The standard InChI is InChI=1S/C39H54O6/c1-35(2,3)27-16-24(17-28(31(27)40)36(4,5)6)33(42)44-21-39(20-23-13-14-26(39)15-23)22-45-34(43)25-18-29(37(7,8)9)32(41)30(19-25)38(10,11)12/h13-14,16-19,23,26,40-41H,15,20-22H2,1-12H3. The zero-order chi connectivity index (χ0) is 33.9. The van der Waals surface area contributed by atoms with Crippen LogP contribution in [-0.4, -0.2) is 35.4 Å². The van der Waals surface area contributed by atoms with Gasteiger partial charge in [0.2, 0.25) is 0 Å². The maximum absolute atomic E-state index is 13.6. The second-order valence-electron chi connectivity index (χ2n) is 17.5. The third-order valence-corrected chi connectivity index (χ3v) is 9.53. The summed E-state index contributed by atoms with van der Waals surface area (Å²) in [6, 6.07) is 6.96. The highest BCUT2D eigenvalue weighted by Crippen LogP contribution is 2.53. The van der Waals surface area contributed by atoms with Crippen molar-refractivity contribution in [1.82, 2.24) is 0 Å². The van der Waals surface area contributed by atoms with Gasteiger partial charge in [-0.15, -0.1) is 0 Å². The molecule has 1 fully saturated rings. The monoisotopic (exact) mass is 618 g/mol. The van der Waals surface area contributed by atoms with Crippen LogP contribution < -0.4 is 0 Å². The highest BCUT2D eigenvalue weighted by molar-refractivity contribution is 5.91. The van der Waals surface area contributed by atoms with Crippen LogP contribution in [0.25, 0.3) is 0 Å². The maximum atomic E-state index is 13.6. The number of aromatic hydroxyl groups is 2. The molecular formula is C39H54O6. The molecule has 1 saturated carbocycles. The molecule has 2 aromatic rings. The molecule has 4 rings (SSSR count). The van der Waals surface area contributed by atoms with Gasteiger partial charge >= 0.3 is 11.9 Å². The Bertz CT molecular complexity index is 1330. The minimum atomic E-state index is -0.530. The lowest BCUT2D eigenvalue weighted by Gasteiger charge is -2.34. The Balaban J connectivity index is 1.60. The Morgan fingerprint density at radius 1 is 0.644 bits per heavy atom. The normalized spacial score (nSPS) is 19.6. The van der Waals surface area contributed by atoms with Crippen molar-refractivity contribution in [2.75, 3.05) is 13.2 Å². The highest BCUT2D eigenvalue weighted by Gasteiger charge is 2.50. The van der Waals surface area contributed by atoms with E-state index in [9.17, 15) is 19.8 Å².